The van der Waals surface area contributed by atoms with Crippen LogP contribution in [0.2, 0.25) is 10.0 Å². The maximum absolute atomic E-state index is 12.0. The normalized spacial score (nSPS) is 9.81. The molecule has 7 heteroatoms. The molecule has 0 radical (unpaired) electrons. The molecule has 4 nitrogen and oxygen atoms in total. The van der Waals surface area contributed by atoms with Crippen LogP contribution in [0.5, 0.6) is 0 Å². The van der Waals surface area contributed by atoms with Crippen LogP contribution in [0.1, 0.15) is 10.4 Å². The number of anilines is 1. The second kappa shape index (κ2) is 7.26. The van der Waals surface area contributed by atoms with Gasteiger partial charge in [0.05, 0.1) is 16.3 Å². The molecule has 0 bridgehead atoms. The Morgan fingerprint density at radius 1 is 1.05 bits per heavy atom. The summed E-state index contributed by atoms with van der Waals surface area (Å²) in [7, 11) is 0. The van der Waals surface area contributed by atoms with Gasteiger partial charge < -0.3 is 0 Å². The zero-order valence-corrected chi connectivity index (χ0v) is 13.0. The first-order valence-corrected chi connectivity index (χ1v) is 7.10. The van der Waals surface area contributed by atoms with E-state index in [0.29, 0.717) is 10.6 Å². The standard InChI is InChI=1S/C14H11Cl2N3OS/c15-9-6-7-11(12(16)8-9)13(20)17-14(21)19-18-10-4-2-1-3-5-10/h1-8,18H,(H2,17,19,20,21). The summed E-state index contributed by atoms with van der Waals surface area (Å²) in [6.07, 6.45) is 0. The summed E-state index contributed by atoms with van der Waals surface area (Å²) in [4.78, 5) is 12.0. The topological polar surface area (TPSA) is 53.2 Å². The van der Waals surface area contributed by atoms with Gasteiger partial charge >= 0.3 is 0 Å². The SMILES string of the molecule is O=C(NC(=S)NNc1ccccc1)c1ccc(Cl)cc1Cl. The number of thiocarbonyl (C=S) groups is 1. The van der Waals surface area contributed by atoms with E-state index in [-0.39, 0.29) is 10.1 Å². The molecule has 0 aromatic heterocycles. The maximum atomic E-state index is 12.0. The Labute approximate surface area is 137 Å². The summed E-state index contributed by atoms with van der Waals surface area (Å²) >= 11 is 16.8. The van der Waals surface area contributed by atoms with Crippen molar-refractivity contribution in [2.75, 3.05) is 5.43 Å². The first-order valence-electron chi connectivity index (χ1n) is 5.93. The van der Waals surface area contributed by atoms with Crippen LogP contribution in [0.4, 0.5) is 5.69 Å². The van der Waals surface area contributed by atoms with E-state index in [2.05, 4.69) is 16.2 Å². The van der Waals surface area contributed by atoms with Crippen molar-refractivity contribution in [3.8, 4) is 0 Å². The molecule has 0 atom stereocenters. The lowest BCUT2D eigenvalue weighted by molar-refractivity contribution is 0.0977. The van der Waals surface area contributed by atoms with Gasteiger partial charge in [0.2, 0.25) is 0 Å². The van der Waals surface area contributed by atoms with E-state index in [9.17, 15) is 4.79 Å². The number of rotatable bonds is 3. The number of halogens is 2. The molecule has 108 valence electrons. The van der Waals surface area contributed by atoms with Crippen molar-refractivity contribution in [3.05, 3.63) is 64.1 Å². The summed E-state index contributed by atoms with van der Waals surface area (Å²) in [6, 6.07) is 14.0. The minimum absolute atomic E-state index is 0.134. The van der Waals surface area contributed by atoms with Crippen molar-refractivity contribution >= 4 is 52.1 Å². The summed E-state index contributed by atoms with van der Waals surface area (Å²) in [5, 5.41) is 3.38. The number of carbonyl (C=O) groups excluding carboxylic acids is 1. The number of hydrazine groups is 1. The highest BCUT2D eigenvalue weighted by Crippen LogP contribution is 2.20. The van der Waals surface area contributed by atoms with E-state index in [1.54, 1.807) is 6.07 Å². The van der Waals surface area contributed by atoms with Crippen molar-refractivity contribution in [3.63, 3.8) is 0 Å². The van der Waals surface area contributed by atoms with E-state index in [0.717, 1.165) is 5.69 Å². The molecule has 0 fully saturated rings. The van der Waals surface area contributed by atoms with Crippen LogP contribution in [-0.2, 0) is 0 Å². The van der Waals surface area contributed by atoms with Crippen LogP contribution in [-0.4, -0.2) is 11.0 Å². The molecule has 3 N–H and O–H groups in total. The Hall–Kier alpha value is -1.82. The Bertz CT molecular complexity index is 665. The quantitative estimate of drug-likeness (QED) is 0.590. The predicted octanol–water partition coefficient (Wildman–Crippen LogP) is 3.62. The number of amides is 1. The largest absolute Gasteiger partial charge is 0.299 e. The average molecular weight is 340 g/mol. The van der Waals surface area contributed by atoms with Crippen LogP contribution in [0.25, 0.3) is 0 Å². The molecule has 0 saturated carbocycles. The Balaban J connectivity index is 1.91. The van der Waals surface area contributed by atoms with Crippen LogP contribution >= 0.6 is 35.4 Å². The lowest BCUT2D eigenvalue weighted by atomic mass is 10.2. The molecular weight excluding hydrogens is 329 g/mol. The molecule has 0 saturated heterocycles. The smallest absolute Gasteiger partial charge is 0.258 e. The van der Waals surface area contributed by atoms with Crippen LogP contribution in [0.3, 0.4) is 0 Å². The van der Waals surface area contributed by atoms with Gasteiger partial charge in [-0.3, -0.25) is 21.0 Å². The first kappa shape index (κ1) is 15.6. The highest BCUT2D eigenvalue weighted by Gasteiger charge is 2.11. The Morgan fingerprint density at radius 2 is 1.76 bits per heavy atom. The van der Waals surface area contributed by atoms with E-state index in [1.807, 2.05) is 30.3 Å². The molecule has 0 aliphatic carbocycles. The molecule has 2 aromatic rings. The van der Waals surface area contributed by atoms with Crippen molar-refractivity contribution < 1.29 is 4.79 Å². The van der Waals surface area contributed by atoms with Gasteiger partial charge in [-0.05, 0) is 42.5 Å². The Kier molecular flexibility index (Phi) is 5.38. The number of hydrogen-bond acceptors (Lipinski definition) is 3. The molecule has 0 heterocycles. The maximum Gasteiger partial charge on any atom is 0.258 e. The molecule has 2 aromatic carbocycles. The summed E-state index contributed by atoms with van der Waals surface area (Å²) in [5.41, 5.74) is 6.69. The summed E-state index contributed by atoms with van der Waals surface area (Å²) in [6.45, 7) is 0. The molecule has 0 spiro atoms. The van der Waals surface area contributed by atoms with E-state index in [4.69, 9.17) is 35.4 Å². The van der Waals surface area contributed by atoms with Crippen molar-refractivity contribution in [1.82, 2.24) is 10.7 Å². The number of para-hydroxylation sites is 1. The first-order chi connectivity index (χ1) is 10.1. The number of benzene rings is 2. The zero-order valence-electron chi connectivity index (χ0n) is 10.7. The van der Waals surface area contributed by atoms with Crippen molar-refractivity contribution in [1.29, 1.82) is 0 Å². The molecule has 0 unspecified atom stereocenters. The minimum atomic E-state index is -0.413. The van der Waals surface area contributed by atoms with Crippen molar-refractivity contribution in [2.45, 2.75) is 0 Å². The summed E-state index contributed by atoms with van der Waals surface area (Å²) in [5.74, 6) is -0.413. The van der Waals surface area contributed by atoms with E-state index in [1.165, 1.54) is 12.1 Å². The van der Waals surface area contributed by atoms with Gasteiger partial charge in [0.1, 0.15) is 0 Å². The third kappa shape index (κ3) is 4.60. The van der Waals surface area contributed by atoms with Gasteiger partial charge in [-0.1, -0.05) is 41.4 Å². The van der Waals surface area contributed by atoms with Gasteiger partial charge in [0.15, 0.2) is 5.11 Å². The molecule has 0 aliphatic rings. The minimum Gasteiger partial charge on any atom is -0.299 e. The lowest BCUT2D eigenvalue weighted by Gasteiger charge is -2.12. The monoisotopic (exact) mass is 339 g/mol. The average Bonchev–Trinajstić information content (AvgIpc) is 2.46. The highest BCUT2D eigenvalue weighted by atomic mass is 35.5. The van der Waals surface area contributed by atoms with Gasteiger partial charge in [0.25, 0.3) is 5.91 Å². The van der Waals surface area contributed by atoms with Crippen LogP contribution < -0.4 is 16.2 Å². The van der Waals surface area contributed by atoms with Crippen LogP contribution in [0, 0.1) is 0 Å². The molecule has 1 amide bonds. The summed E-state index contributed by atoms with van der Waals surface area (Å²) < 4.78 is 0. The molecular formula is C14H11Cl2N3OS. The molecule has 21 heavy (non-hydrogen) atoms. The second-order valence-corrected chi connectivity index (χ2v) is 5.28. The van der Waals surface area contributed by atoms with Gasteiger partial charge in [-0.25, -0.2) is 0 Å². The van der Waals surface area contributed by atoms with Gasteiger partial charge in [-0.15, -0.1) is 0 Å². The van der Waals surface area contributed by atoms with E-state index >= 15 is 0 Å². The second-order valence-electron chi connectivity index (χ2n) is 4.02. The van der Waals surface area contributed by atoms with E-state index < -0.39 is 5.91 Å². The predicted molar refractivity (Wildman–Crippen MR) is 89.7 cm³/mol. The lowest BCUT2D eigenvalue weighted by Crippen LogP contribution is -2.42. The third-order valence-electron chi connectivity index (χ3n) is 2.50. The number of hydrogen-bond donors (Lipinski definition) is 3. The molecule has 2 rings (SSSR count). The zero-order chi connectivity index (χ0) is 15.2. The molecule has 0 aliphatic heterocycles. The van der Waals surface area contributed by atoms with Crippen molar-refractivity contribution in [2.24, 2.45) is 0 Å². The van der Waals surface area contributed by atoms with Gasteiger partial charge in [0, 0.05) is 5.02 Å². The fourth-order valence-corrected chi connectivity index (χ4v) is 2.16. The van der Waals surface area contributed by atoms with Gasteiger partial charge in [-0.2, -0.15) is 0 Å². The number of nitrogens with one attached hydrogen (secondary N) is 3. The Morgan fingerprint density at radius 3 is 2.43 bits per heavy atom. The number of carbonyl (C=O) groups is 1. The highest BCUT2D eigenvalue weighted by molar-refractivity contribution is 7.80. The fraction of sp³-hybridized carbons (Fsp3) is 0. The third-order valence-corrected chi connectivity index (χ3v) is 3.25. The fourth-order valence-electron chi connectivity index (χ4n) is 1.53. The van der Waals surface area contributed by atoms with Crippen LogP contribution in [0.15, 0.2) is 48.5 Å².